The third-order valence-electron chi connectivity index (χ3n) is 3.78. The third-order valence-corrected chi connectivity index (χ3v) is 3.78. The van der Waals surface area contributed by atoms with Crippen LogP contribution >= 0.6 is 0 Å². The Labute approximate surface area is 109 Å². The monoisotopic (exact) mass is 246 g/mol. The molecule has 2 rings (SSSR count). The molecule has 0 aromatic heterocycles. The van der Waals surface area contributed by atoms with E-state index in [9.17, 15) is 4.79 Å². The van der Waals surface area contributed by atoms with E-state index in [0.717, 1.165) is 30.5 Å². The van der Waals surface area contributed by atoms with Crippen LogP contribution in [0.5, 0.6) is 0 Å². The second-order valence-corrected chi connectivity index (χ2v) is 4.93. The van der Waals surface area contributed by atoms with Crippen molar-refractivity contribution in [1.29, 1.82) is 0 Å². The predicted octanol–water partition coefficient (Wildman–Crippen LogP) is 2.55. The maximum absolute atomic E-state index is 12.5. The van der Waals surface area contributed by atoms with Crippen molar-refractivity contribution >= 4 is 5.91 Å². The van der Waals surface area contributed by atoms with Crippen LogP contribution in [0.2, 0.25) is 0 Å². The van der Waals surface area contributed by atoms with Gasteiger partial charge in [-0.25, -0.2) is 0 Å². The summed E-state index contributed by atoms with van der Waals surface area (Å²) in [6.45, 7) is 3.33. The fourth-order valence-corrected chi connectivity index (χ4v) is 2.78. The first-order chi connectivity index (χ1) is 8.76. The molecule has 0 unspecified atom stereocenters. The number of hydrogen-bond acceptors (Lipinski definition) is 2. The molecule has 0 radical (unpaired) electrons. The van der Waals surface area contributed by atoms with Crippen molar-refractivity contribution in [3.63, 3.8) is 0 Å². The fourth-order valence-electron chi connectivity index (χ4n) is 2.78. The van der Waals surface area contributed by atoms with Crippen LogP contribution in [0.1, 0.15) is 48.5 Å². The van der Waals surface area contributed by atoms with Crippen LogP contribution in [-0.4, -0.2) is 23.4 Å². The summed E-state index contributed by atoms with van der Waals surface area (Å²) in [4.78, 5) is 14.5. The molecule has 3 heteroatoms. The smallest absolute Gasteiger partial charge is 0.254 e. The van der Waals surface area contributed by atoms with Gasteiger partial charge in [-0.15, -0.1) is 0 Å². The van der Waals surface area contributed by atoms with Crippen LogP contribution in [0.15, 0.2) is 24.3 Å². The van der Waals surface area contributed by atoms with Gasteiger partial charge in [0.1, 0.15) is 0 Å². The lowest BCUT2D eigenvalue weighted by Gasteiger charge is -2.27. The van der Waals surface area contributed by atoms with E-state index >= 15 is 0 Å². The zero-order chi connectivity index (χ0) is 13.0. The molecule has 0 bridgehead atoms. The fraction of sp³-hybridized carbons (Fsp3) is 0.533. The minimum Gasteiger partial charge on any atom is -0.336 e. The molecule has 1 aromatic rings. The highest BCUT2D eigenvalue weighted by Crippen LogP contribution is 2.24. The maximum atomic E-state index is 12.5. The highest BCUT2D eigenvalue weighted by atomic mass is 16.2. The Kier molecular flexibility index (Phi) is 4.37. The van der Waals surface area contributed by atoms with Gasteiger partial charge in [-0.3, -0.25) is 4.79 Å². The lowest BCUT2D eigenvalue weighted by atomic mass is 10.1. The van der Waals surface area contributed by atoms with Crippen LogP contribution < -0.4 is 5.73 Å². The number of nitrogens with zero attached hydrogens (tertiary/aromatic N) is 1. The van der Waals surface area contributed by atoms with Gasteiger partial charge >= 0.3 is 0 Å². The molecule has 1 amide bonds. The molecule has 98 valence electrons. The van der Waals surface area contributed by atoms with E-state index in [1.54, 1.807) is 0 Å². The largest absolute Gasteiger partial charge is 0.336 e. The van der Waals surface area contributed by atoms with E-state index in [1.807, 2.05) is 29.2 Å². The Balaban J connectivity index is 2.16. The molecule has 18 heavy (non-hydrogen) atoms. The van der Waals surface area contributed by atoms with Crippen molar-refractivity contribution in [2.75, 3.05) is 6.54 Å². The molecular formula is C15H22N2O. The van der Waals surface area contributed by atoms with Crippen molar-refractivity contribution in [2.45, 2.75) is 45.2 Å². The molecule has 1 fully saturated rings. The first kappa shape index (κ1) is 13.1. The molecule has 3 nitrogen and oxygen atoms in total. The summed E-state index contributed by atoms with van der Waals surface area (Å²) in [6.07, 6.45) is 4.79. The standard InChI is InChI=1S/C15H22N2O/c1-2-17(14-8-3-4-9-14)15(18)13-7-5-6-12(10-13)11-16/h5-7,10,14H,2-4,8-9,11,16H2,1H3. The number of amides is 1. The molecule has 1 saturated carbocycles. The maximum Gasteiger partial charge on any atom is 0.254 e. The van der Waals surface area contributed by atoms with Crippen molar-refractivity contribution < 1.29 is 4.79 Å². The van der Waals surface area contributed by atoms with Gasteiger partial charge in [0.2, 0.25) is 0 Å². The first-order valence-electron chi connectivity index (χ1n) is 6.86. The van der Waals surface area contributed by atoms with E-state index in [0.29, 0.717) is 12.6 Å². The lowest BCUT2D eigenvalue weighted by molar-refractivity contribution is 0.0693. The number of rotatable bonds is 4. The number of hydrogen-bond donors (Lipinski definition) is 1. The summed E-state index contributed by atoms with van der Waals surface area (Å²) in [5.74, 6) is 0.153. The molecule has 0 saturated heterocycles. The van der Waals surface area contributed by atoms with Gasteiger partial charge in [0.05, 0.1) is 0 Å². The molecule has 1 aromatic carbocycles. The minimum atomic E-state index is 0.153. The summed E-state index contributed by atoms with van der Waals surface area (Å²) in [5.41, 5.74) is 7.41. The molecule has 0 spiro atoms. The van der Waals surface area contributed by atoms with Crippen molar-refractivity contribution in [3.05, 3.63) is 35.4 Å². The Morgan fingerprint density at radius 2 is 2.11 bits per heavy atom. The summed E-state index contributed by atoms with van der Waals surface area (Å²) in [5, 5.41) is 0. The van der Waals surface area contributed by atoms with Gasteiger partial charge in [0.25, 0.3) is 5.91 Å². The molecule has 2 N–H and O–H groups in total. The van der Waals surface area contributed by atoms with E-state index < -0.39 is 0 Å². The number of benzene rings is 1. The Morgan fingerprint density at radius 1 is 1.39 bits per heavy atom. The summed E-state index contributed by atoms with van der Waals surface area (Å²) < 4.78 is 0. The SMILES string of the molecule is CCN(C(=O)c1cccc(CN)c1)C1CCCC1. The molecule has 0 aliphatic heterocycles. The molecular weight excluding hydrogens is 224 g/mol. The van der Waals surface area contributed by atoms with Crippen LogP contribution in [0, 0.1) is 0 Å². The number of nitrogens with two attached hydrogens (primary N) is 1. The van der Waals surface area contributed by atoms with Gasteiger partial charge in [0, 0.05) is 24.7 Å². The summed E-state index contributed by atoms with van der Waals surface area (Å²) in [7, 11) is 0. The first-order valence-corrected chi connectivity index (χ1v) is 6.86. The molecule has 1 aliphatic rings. The zero-order valence-corrected chi connectivity index (χ0v) is 11.1. The second kappa shape index (κ2) is 6.01. The van der Waals surface area contributed by atoms with Crippen LogP contribution in [0.3, 0.4) is 0 Å². The van der Waals surface area contributed by atoms with E-state index in [1.165, 1.54) is 12.8 Å². The second-order valence-electron chi connectivity index (χ2n) is 4.93. The third kappa shape index (κ3) is 2.72. The quantitative estimate of drug-likeness (QED) is 0.887. The average molecular weight is 246 g/mol. The number of carbonyl (C=O) groups excluding carboxylic acids is 1. The van der Waals surface area contributed by atoms with Crippen LogP contribution in [0.25, 0.3) is 0 Å². The normalized spacial score (nSPS) is 15.9. The Bertz CT molecular complexity index is 411. The minimum absolute atomic E-state index is 0.153. The van der Waals surface area contributed by atoms with E-state index in [4.69, 9.17) is 5.73 Å². The molecule has 1 aliphatic carbocycles. The predicted molar refractivity (Wildman–Crippen MR) is 73.3 cm³/mol. The van der Waals surface area contributed by atoms with Gasteiger partial charge < -0.3 is 10.6 Å². The average Bonchev–Trinajstić information content (AvgIpc) is 2.93. The van der Waals surface area contributed by atoms with Crippen LogP contribution in [-0.2, 0) is 6.54 Å². The van der Waals surface area contributed by atoms with Crippen LogP contribution in [0.4, 0.5) is 0 Å². The van der Waals surface area contributed by atoms with Crippen molar-refractivity contribution in [2.24, 2.45) is 5.73 Å². The molecule has 0 atom stereocenters. The van der Waals surface area contributed by atoms with Gasteiger partial charge in [-0.2, -0.15) is 0 Å². The van der Waals surface area contributed by atoms with Gasteiger partial charge in [0.15, 0.2) is 0 Å². The van der Waals surface area contributed by atoms with E-state index in [-0.39, 0.29) is 5.91 Å². The highest BCUT2D eigenvalue weighted by molar-refractivity contribution is 5.94. The van der Waals surface area contributed by atoms with Crippen molar-refractivity contribution in [3.8, 4) is 0 Å². The number of carbonyl (C=O) groups is 1. The van der Waals surface area contributed by atoms with Gasteiger partial charge in [-0.05, 0) is 37.5 Å². The highest BCUT2D eigenvalue weighted by Gasteiger charge is 2.26. The van der Waals surface area contributed by atoms with E-state index in [2.05, 4.69) is 6.92 Å². The topological polar surface area (TPSA) is 46.3 Å². The van der Waals surface area contributed by atoms with Crippen molar-refractivity contribution in [1.82, 2.24) is 4.90 Å². The summed E-state index contributed by atoms with van der Waals surface area (Å²) >= 11 is 0. The molecule has 0 heterocycles. The Morgan fingerprint density at radius 3 is 2.72 bits per heavy atom. The lowest BCUT2D eigenvalue weighted by Crippen LogP contribution is -2.38. The Hall–Kier alpha value is -1.35. The summed E-state index contributed by atoms with van der Waals surface area (Å²) in [6, 6.07) is 8.11. The zero-order valence-electron chi connectivity index (χ0n) is 11.1. The van der Waals surface area contributed by atoms with Gasteiger partial charge in [-0.1, -0.05) is 25.0 Å².